The molecule has 0 aliphatic rings. The maximum absolute atomic E-state index is 12.3. The van der Waals surface area contributed by atoms with Gasteiger partial charge in [-0.15, -0.1) is 0 Å². The molecule has 0 aromatic carbocycles. The van der Waals surface area contributed by atoms with Gasteiger partial charge in [-0.1, -0.05) is 13.8 Å². The Morgan fingerprint density at radius 3 is 2.53 bits per heavy atom. The number of carbonyl (C=O) groups excluding carboxylic acids is 1. The summed E-state index contributed by atoms with van der Waals surface area (Å²) >= 11 is 0. The molecule has 1 heterocycles. The Morgan fingerprint density at radius 2 is 2.12 bits per heavy atom. The molecule has 1 amide bonds. The van der Waals surface area contributed by atoms with E-state index in [2.05, 4.69) is 0 Å². The molecular weight excluding hydrogens is 218 g/mol. The molecule has 1 aromatic heterocycles. The van der Waals surface area contributed by atoms with Crippen molar-refractivity contribution in [2.24, 2.45) is 0 Å². The number of nitrogens with zero attached hydrogens (tertiary/aromatic N) is 1. The molecule has 0 aliphatic heterocycles. The first-order valence-electron chi connectivity index (χ1n) is 6.11. The van der Waals surface area contributed by atoms with E-state index in [0.717, 1.165) is 18.4 Å². The van der Waals surface area contributed by atoms with Gasteiger partial charge in [-0.25, -0.2) is 0 Å². The van der Waals surface area contributed by atoms with Crippen LogP contribution in [0.15, 0.2) is 16.7 Å². The standard InChI is InChI=1S/C13H21NO3/c1-4-11(5-2)14(7-8-15)13(16)12-10(3)6-9-17-12/h6,9,11,15H,4-5,7-8H2,1-3H3. The molecule has 17 heavy (non-hydrogen) atoms. The number of rotatable bonds is 6. The van der Waals surface area contributed by atoms with Crippen LogP contribution >= 0.6 is 0 Å². The van der Waals surface area contributed by atoms with Crippen LogP contribution in [0.3, 0.4) is 0 Å². The predicted molar refractivity (Wildman–Crippen MR) is 65.9 cm³/mol. The van der Waals surface area contributed by atoms with E-state index in [1.54, 1.807) is 11.0 Å². The lowest BCUT2D eigenvalue weighted by Crippen LogP contribution is -2.41. The van der Waals surface area contributed by atoms with Gasteiger partial charge in [-0.05, 0) is 25.8 Å². The zero-order valence-electron chi connectivity index (χ0n) is 10.8. The SMILES string of the molecule is CCC(CC)N(CCO)C(=O)c1occc1C. The van der Waals surface area contributed by atoms with Crippen LogP contribution in [0.4, 0.5) is 0 Å². The van der Waals surface area contributed by atoms with Crippen molar-refractivity contribution in [3.8, 4) is 0 Å². The quantitative estimate of drug-likeness (QED) is 0.828. The van der Waals surface area contributed by atoms with Crippen LogP contribution in [0.25, 0.3) is 0 Å². The van der Waals surface area contributed by atoms with Gasteiger partial charge in [0.2, 0.25) is 0 Å². The second kappa shape index (κ2) is 6.45. The third kappa shape index (κ3) is 3.09. The van der Waals surface area contributed by atoms with Gasteiger partial charge in [0.25, 0.3) is 5.91 Å². The normalized spacial score (nSPS) is 10.9. The lowest BCUT2D eigenvalue weighted by atomic mass is 10.1. The molecule has 0 atom stereocenters. The van der Waals surface area contributed by atoms with Crippen molar-refractivity contribution >= 4 is 5.91 Å². The molecule has 96 valence electrons. The molecule has 1 rings (SSSR count). The molecule has 0 aliphatic carbocycles. The third-order valence-electron chi connectivity index (χ3n) is 3.04. The summed E-state index contributed by atoms with van der Waals surface area (Å²) in [4.78, 5) is 14.0. The van der Waals surface area contributed by atoms with Gasteiger partial charge >= 0.3 is 0 Å². The number of aliphatic hydroxyl groups is 1. The average molecular weight is 239 g/mol. The van der Waals surface area contributed by atoms with E-state index in [9.17, 15) is 4.79 Å². The first kappa shape index (κ1) is 13.8. The van der Waals surface area contributed by atoms with Crippen molar-refractivity contribution in [3.63, 3.8) is 0 Å². The van der Waals surface area contributed by atoms with Gasteiger partial charge in [-0.2, -0.15) is 0 Å². The minimum atomic E-state index is -0.129. The summed E-state index contributed by atoms with van der Waals surface area (Å²) in [5.74, 6) is 0.251. The van der Waals surface area contributed by atoms with Crippen molar-refractivity contribution < 1.29 is 14.3 Å². The Balaban J connectivity index is 2.91. The van der Waals surface area contributed by atoms with Crippen LogP contribution in [-0.4, -0.2) is 35.1 Å². The Morgan fingerprint density at radius 1 is 1.47 bits per heavy atom. The van der Waals surface area contributed by atoms with Crippen LogP contribution in [0.5, 0.6) is 0 Å². The van der Waals surface area contributed by atoms with E-state index in [4.69, 9.17) is 9.52 Å². The van der Waals surface area contributed by atoms with Gasteiger partial charge in [0.15, 0.2) is 5.76 Å². The highest BCUT2D eigenvalue weighted by molar-refractivity contribution is 5.93. The van der Waals surface area contributed by atoms with Gasteiger partial charge in [0, 0.05) is 18.2 Å². The fraction of sp³-hybridized carbons (Fsp3) is 0.615. The van der Waals surface area contributed by atoms with E-state index in [-0.39, 0.29) is 18.6 Å². The number of hydrogen-bond acceptors (Lipinski definition) is 3. The molecule has 0 unspecified atom stereocenters. The van der Waals surface area contributed by atoms with Crippen molar-refractivity contribution in [3.05, 3.63) is 23.7 Å². The topological polar surface area (TPSA) is 53.7 Å². The number of hydrogen-bond donors (Lipinski definition) is 1. The average Bonchev–Trinajstić information content (AvgIpc) is 2.75. The Bertz CT molecular complexity index is 355. The van der Waals surface area contributed by atoms with Gasteiger partial charge < -0.3 is 14.4 Å². The highest BCUT2D eigenvalue weighted by atomic mass is 16.3. The Hall–Kier alpha value is -1.29. The molecule has 0 fully saturated rings. The first-order chi connectivity index (χ1) is 8.15. The third-order valence-corrected chi connectivity index (χ3v) is 3.04. The second-order valence-electron chi connectivity index (χ2n) is 4.13. The molecule has 0 bridgehead atoms. The maximum Gasteiger partial charge on any atom is 0.290 e. The fourth-order valence-electron chi connectivity index (χ4n) is 2.01. The molecule has 0 spiro atoms. The van der Waals surface area contributed by atoms with Crippen molar-refractivity contribution in [2.75, 3.05) is 13.2 Å². The molecule has 0 radical (unpaired) electrons. The number of carbonyl (C=O) groups is 1. The summed E-state index contributed by atoms with van der Waals surface area (Å²) < 4.78 is 5.22. The van der Waals surface area contributed by atoms with E-state index >= 15 is 0 Å². The highest BCUT2D eigenvalue weighted by Gasteiger charge is 2.25. The number of aliphatic hydroxyl groups excluding tert-OH is 1. The smallest absolute Gasteiger partial charge is 0.290 e. The minimum Gasteiger partial charge on any atom is -0.459 e. The number of aryl methyl sites for hydroxylation is 1. The van der Waals surface area contributed by atoms with Crippen LogP contribution in [-0.2, 0) is 0 Å². The Labute approximate surface area is 102 Å². The monoisotopic (exact) mass is 239 g/mol. The first-order valence-corrected chi connectivity index (χ1v) is 6.11. The molecule has 1 N–H and O–H groups in total. The zero-order valence-corrected chi connectivity index (χ0v) is 10.8. The molecule has 0 saturated carbocycles. The lowest BCUT2D eigenvalue weighted by molar-refractivity contribution is 0.0589. The number of amides is 1. The lowest BCUT2D eigenvalue weighted by Gasteiger charge is -2.29. The van der Waals surface area contributed by atoms with Crippen LogP contribution in [0, 0.1) is 6.92 Å². The van der Waals surface area contributed by atoms with Crippen molar-refractivity contribution in [1.82, 2.24) is 4.90 Å². The van der Waals surface area contributed by atoms with E-state index < -0.39 is 0 Å². The minimum absolute atomic E-state index is 0.0258. The van der Waals surface area contributed by atoms with E-state index in [0.29, 0.717) is 12.3 Å². The molecular formula is C13H21NO3. The molecule has 4 heteroatoms. The summed E-state index contributed by atoms with van der Waals surface area (Å²) in [6.07, 6.45) is 3.27. The molecule has 1 aromatic rings. The zero-order chi connectivity index (χ0) is 12.8. The maximum atomic E-state index is 12.3. The van der Waals surface area contributed by atoms with Crippen molar-refractivity contribution in [2.45, 2.75) is 39.7 Å². The summed E-state index contributed by atoms with van der Waals surface area (Å²) in [5, 5.41) is 9.07. The summed E-state index contributed by atoms with van der Waals surface area (Å²) in [7, 11) is 0. The second-order valence-corrected chi connectivity index (χ2v) is 4.13. The molecule has 4 nitrogen and oxygen atoms in total. The Kier molecular flexibility index (Phi) is 5.22. The largest absolute Gasteiger partial charge is 0.459 e. The highest BCUT2D eigenvalue weighted by Crippen LogP contribution is 2.16. The van der Waals surface area contributed by atoms with Crippen molar-refractivity contribution in [1.29, 1.82) is 0 Å². The summed E-state index contributed by atoms with van der Waals surface area (Å²) in [5.41, 5.74) is 0.837. The summed E-state index contributed by atoms with van der Waals surface area (Å²) in [6.45, 7) is 6.26. The van der Waals surface area contributed by atoms with Gasteiger partial charge in [-0.3, -0.25) is 4.79 Å². The summed E-state index contributed by atoms with van der Waals surface area (Å²) in [6, 6.07) is 1.93. The van der Waals surface area contributed by atoms with Gasteiger partial charge in [0.1, 0.15) is 0 Å². The molecule has 0 saturated heterocycles. The van der Waals surface area contributed by atoms with Crippen LogP contribution < -0.4 is 0 Å². The van der Waals surface area contributed by atoms with E-state index in [1.165, 1.54) is 6.26 Å². The van der Waals surface area contributed by atoms with Crippen LogP contribution in [0.2, 0.25) is 0 Å². The number of furan rings is 1. The van der Waals surface area contributed by atoms with Crippen LogP contribution in [0.1, 0.15) is 42.8 Å². The van der Waals surface area contributed by atoms with Gasteiger partial charge in [0.05, 0.1) is 12.9 Å². The van der Waals surface area contributed by atoms with E-state index in [1.807, 2.05) is 20.8 Å². The fourth-order valence-corrected chi connectivity index (χ4v) is 2.01. The predicted octanol–water partition coefficient (Wildman–Crippen LogP) is 2.21.